The van der Waals surface area contributed by atoms with Crippen molar-refractivity contribution in [3.63, 3.8) is 0 Å². The van der Waals surface area contributed by atoms with E-state index in [4.69, 9.17) is 26.6 Å². The molecule has 0 radical (unpaired) electrons. The van der Waals surface area contributed by atoms with Gasteiger partial charge in [0, 0.05) is 12.6 Å². The molecule has 2 rings (SSSR count). The van der Waals surface area contributed by atoms with Crippen LogP contribution in [0.5, 0.6) is 5.75 Å². The minimum Gasteiger partial charge on any atom is -0.462 e. The molecule has 15 heavy (non-hydrogen) atoms. The van der Waals surface area contributed by atoms with Gasteiger partial charge >= 0.3 is 0 Å². The Balaban J connectivity index is 2.44. The molecule has 1 aliphatic rings. The van der Waals surface area contributed by atoms with Crippen LogP contribution >= 0.6 is 7.07 Å². The number of benzene rings is 1. The zero-order valence-electron chi connectivity index (χ0n) is 8.01. The van der Waals surface area contributed by atoms with E-state index in [-0.39, 0.29) is 0 Å². The third-order valence-electron chi connectivity index (χ3n) is 2.06. The molecule has 1 aromatic rings. The Kier molecular flexibility index (Phi) is 2.85. The van der Waals surface area contributed by atoms with Gasteiger partial charge in [0.25, 0.3) is 7.07 Å². The van der Waals surface area contributed by atoms with Crippen LogP contribution in [0.4, 0.5) is 0 Å². The number of para-hydroxylation sites is 1. The zero-order chi connectivity index (χ0) is 10.9. The second-order valence-electron chi connectivity index (χ2n) is 2.96. The first kappa shape index (κ1) is 10.7. The van der Waals surface area contributed by atoms with Crippen molar-refractivity contribution in [2.24, 2.45) is 0 Å². The summed E-state index contributed by atoms with van der Waals surface area (Å²) >= 11 is 5.18. The molecular weight excluding hydrogens is 231 g/mol. The smallest absolute Gasteiger partial charge is 0.277 e. The van der Waals surface area contributed by atoms with E-state index in [1.807, 2.05) is 12.1 Å². The first-order valence-electron chi connectivity index (χ1n) is 4.34. The lowest BCUT2D eigenvalue weighted by molar-refractivity contribution is 0.229. The summed E-state index contributed by atoms with van der Waals surface area (Å²) in [4.78, 5) is 0. The number of fused-ring (bicyclic) bond motifs is 1. The van der Waals surface area contributed by atoms with Crippen molar-refractivity contribution in [1.82, 2.24) is 5.09 Å². The molecule has 1 N–H and O–H groups in total. The Morgan fingerprint density at radius 3 is 2.93 bits per heavy atom. The van der Waals surface area contributed by atoms with Gasteiger partial charge in [-0.1, -0.05) is 18.2 Å². The number of hydrogen-bond acceptors (Lipinski definition) is 5. The predicted molar refractivity (Wildman–Crippen MR) is 59.9 cm³/mol. The highest BCUT2D eigenvalue weighted by Gasteiger charge is 2.39. The molecule has 0 saturated carbocycles. The number of nitriles is 1. The Labute approximate surface area is 93.9 Å². The average molecular weight is 240 g/mol. The summed E-state index contributed by atoms with van der Waals surface area (Å²) in [5.74, 6) is 0.632. The van der Waals surface area contributed by atoms with Gasteiger partial charge in [0.1, 0.15) is 6.07 Å². The summed E-state index contributed by atoms with van der Waals surface area (Å²) in [5.41, 5.74) is 0.732. The van der Waals surface area contributed by atoms with E-state index in [1.165, 1.54) is 0 Å². The van der Waals surface area contributed by atoms with E-state index in [9.17, 15) is 0 Å². The average Bonchev–Trinajstić information content (AvgIpc) is 2.28. The molecule has 0 aromatic heterocycles. The molecular formula is C9H9N2O2PS. The Morgan fingerprint density at radius 1 is 1.53 bits per heavy atom. The Hall–Kier alpha value is -0.790. The minimum atomic E-state index is -2.54. The predicted octanol–water partition coefficient (Wildman–Crippen LogP) is 2.10. The van der Waals surface area contributed by atoms with Crippen LogP contribution in [0.3, 0.4) is 0 Å². The van der Waals surface area contributed by atoms with Crippen LogP contribution in [0, 0.1) is 11.3 Å². The van der Waals surface area contributed by atoms with Crippen LogP contribution in [0.2, 0.25) is 0 Å². The molecule has 0 amide bonds. The molecule has 6 heteroatoms. The first-order chi connectivity index (χ1) is 7.18. The molecule has 1 aromatic carbocycles. The minimum absolute atomic E-state index is 0.632. The van der Waals surface area contributed by atoms with Gasteiger partial charge in [-0.25, -0.2) is 0 Å². The summed E-state index contributed by atoms with van der Waals surface area (Å²) in [6.07, 6.45) is -0.645. The zero-order valence-corrected chi connectivity index (χ0v) is 9.72. The van der Waals surface area contributed by atoms with Crippen LogP contribution < -0.4 is 9.61 Å². The normalized spacial score (nSPS) is 28.7. The lowest BCUT2D eigenvalue weighted by atomic mass is 10.1. The van der Waals surface area contributed by atoms with Gasteiger partial charge in [0.05, 0.1) is 0 Å². The highest BCUT2D eigenvalue weighted by molar-refractivity contribution is 8.37. The lowest BCUT2D eigenvalue weighted by Crippen LogP contribution is -2.23. The standard InChI is InChI=1S/C9H9N2O2PS/c1-11-14(15)12-8-5-3-2-4-7(8)9(6-10)13-14/h2-5,9H,1H3,(H,11,15)/t9-,14?/m1/s1. The fourth-order valence-corrected chi connectivity index (χ4v) is 2.92. The summed E-state index contributed by atoms with van der Waals surface area (Å²) in [7, 11) is -0.869. The van der Waals surface area contributed by atoms with Crippen LogP contribution in [-0.2, 0) is 16.8 Å². The number of rotatable bonds is 1. The van der Waals surface area contributed by atoms with Crippen molar-refractivity contribution < 1.29 is 9.05 Å². The second-order valence-corrected chi connectivity index (χ2v) is 6.24. The monoisotopic (exact) mass is 240 g/mol. The number of nitrogens with one attached hydrogen (secondary N) is 1. The fourth-order valence-electron chi connectivity index (χ4n) is 1.32. The molecule has 0 bridgehead atoms. The van der Waals surface area contributed by atoms with Crippen molar-refractivity contribution in [3.05, 3.63) is 29.8 Å². The molecule has 0 spiro atoms. The Bertz CT molecular complexity index is 423. The van der Waals surface area contributed by atoms with Crippen molar-refractivity contribution >= 4 is 19.3 Å². The molecule has 0 saturated heterocycles. The highest BCUT2D eigenvalue weighted by atomic mass is 32.7. The maximum Gasteiger partial charge on any atom is 0.277 e. The fraction of sp³-hybridized carbons (Fsp3) is 0.222. The largest absolute Gasteiger partial charge is 0.462 e. The van der Waals surface area contributed by atoms with Crippen LogP contribution in [-0.4, -0.2) is 7.05 Å². The molecule has 1 aliphatic heterocycles. The van der Waals surface area contributed by atoms with E-state index in [1.54, 1.807) is 19.2 Å². The highest BCUT2D eigenvalue weighted by Crippen LogP contribution is 2.61. The molecule has 0 aliphatic carbocycles. The van der Waals surface area contributed by atoms with E-state index < -0.39 is 13.2 Å². The summed E-state index contributed by atoms with van der Waals surface area (Å²) in [6.45, 7) is 0. The van der Waals surface area contributed by atoms with Crippen molar-refractivity contribution in [2.75, 3.05) is 7.05 Å². The molecule has 2 atom stereocenters. The molecule has 4 nitrogen and oxygen atoms in total. The number of nitrogens with zero attached hydrogens (tertiary/aromatic N) is 1. The topological polar surface area (TPSA) is 54.3 Å². The lowest BCUT2D eigenvalue weighted by Gasteiger charge is -2.33. The molecule has 78 valence electrons. The second kappa shape index (κ2) is 3.99. The Morgan fingerprint density at radius 2 is 2.27 bits per heavy atom. The SMILES string of the molecule is CN[P+]1([S-])Oc2ccccc2[C@@H](C#N)O1. The van der Waals surface area contributed by atoms with Crippen molar-refractivity contribution in [3.8, 4) is 11.8 Å². The van der Waals surface area contributed by atoms with Crippen LogP contribution in [0.1, 0.15) is 11.7 Å². The van der Waals surface area contributed by atoms with Gasteiger partial charge in [-0.2, -0.15) is 14.9 Å². The van der Waals surface area contributed by atoms with E-state index in [0.29, 0.717) is 5.75 Å². The molecule has 1 heterocycles. The van der Waals surface area contributed by atoms with Crippen LogP contribution in [0.15, 0.2) is 24.3 Å². The molecule has 0 fully saturated rings. The summed E-state index contributed by atoms with van der Waals surface area (Å²) in [6, 6.07) is 9.34. The van der Waals surface area contributed by atoms with E-state index in [2.05, 4.69) is 11.2 Å². The van der Waals surface area contributed by atoms with Crippen LogP contribution in [0.25, 0.3) is 0 Å². The summed E-state index contributed by atoms with van der Waals surface area (Å²) in [5, 5.41) is 11.8. The third kappa shape index (κ3) is 1.95. The van der Waals surface area contributed by atoms with Crippen molar-refractivity contribution in [2.45, 2.75) is 6.10 Å². The maximum absolute atomic E-state index is 8.98. The molecule has 1 unspecified atom stereocenters. The quantitative estimate of drug-likeness (QED) is 0.601. The van der Waals surface area contributed by atoms with Gasteiger partial charge in [-0.3, -0.25) is 0 Å². The van der Waals surface area contributed by atoms with Crippen molar-refractivity contribution in [1.29, 1.82) is 5.26 Å². The van der Waals surface area contributed by atoms with Gasteiger partial charge in [0.15, 0.2) is 5.75 Å². The van der Waals surface area contributed by atoms with Gasteiger partial charge in [-0.15, -0.1) is 0 Å². The maximum atomic E-state index is 8.98. The first-order valence-corrected chi connectivity index (χ1v) is 6.98. The van der Waals surface area contributed by atoms with E-state index in [0.717, 1.165) is 5.56 Å². The number of hydrogen-bond donors (Lipinski definition) is 1. The third-order valence-corrected chi connectivity index (χ3v) is 4.56. The van der Waals surface area contributed by atoms with Gasteiger partial charge < -0.3 is 16.8 Å². The van der Waals surface area contributed by atoms with Gasteiger partial charge in [-0.05, 0) is 6.07 Å². The van der Waals surface area contributed by atoms with Gasteiger partial charge in [0.2, 0.25) is 6.10 Å². The summed E-state index contributed by atoms with van der Waals surface area (Å²) < 4.78 is 11.0. The van der Waals surface area contributed by atoms with E-state index >= 15 is 0 Å².